The number of hydrogen-bond acceptors (Lipinski definition) is 3. The van der Waals surface area contributed by atoms with E-state index in [4.69, 9.17) is 9.84 Å². The molecule has 1 saturated carbocycles. The lowest BCUT2D eigenvalue weighted by molar-refractivity contribution is -0.145. The van der Waals surface area contributed by atoms with E-state index in [1.165, 1.54) is 5.56 Å². The number of carbonyl (C=O) groups is 2. The second-order valence-corrected chi connectivity index (χ2v) is 6.00. The quantitative estimate of drug-likeness (QED) is 0.660. The van der Waals surface area contributed by atoms with Crippen LogP contribution in [0, 0.1) is 0 Å². The van der Waals surface area contributed by atoms with Crippen molar-refractivity contribution < 1.29 is 19.4 Å². The molecule has 0 aromatic heterocycles. The molecule has 0 amide bonds. The van der Waals surface area contributed by atoms with Crippen molar-refractivity contribution in [1.82, 2.24) is 0 Å². The van der Waals surface area contributed by atoms with E-state index in [0.29, 0.717) is 11.5 Å². The third-order valence-corrected chi connectivity index (χ3v) is 4.12. The minimum absolute atomic E-state index is 0.00627. The first-order chi connectivity index (χ1) is 11.0. The van der Waals surface area contributed by atoms with Crippen LogP contribution in [0.5, 0.6) is 0 Å². The van der Waals surface area contributed by atoms with E-state index in [-0.39, 0.29) is 12.1 Å². The SMILES string of the molecule is C=C(C)C(=O)OC1CCC(c2ccc(/C=C/C(=O)O)cc2)CC1. The highest BCUT2D eigenvalue weighted by Crippen LogP contribution is 2.34. The standard InChI is InChI=1S/C19H22O4/c1-13(2)19(22)23-17-10-8-16(9-11-17)15-6-3-14(4-7-15)5-12-18(20)21/h3-7,12,16-17H,1,8-11H2,2H3,(H,20,21)/b12-5+. The molecule has 2 rings (SSSR count). The maximum Gasteiger partial charge on any atom is 0.333 e. The van der Waals surface area contributed by atoms with Gasteiger partial charge in [0.25, 0.3) is 0 Å². The van der Waals surface area contributed by atoms with Gasteiger partial charge < -0.3 is 9.84 Å². The molecule has 0 spiro atoms. The third kappa shape index (κ3) is 5.09. The fourth-order valence-electron chi connectivity index (χ4n) is 2.81. The van der Waals surface area contributed by atoms with Crippen molar-refractivity contribution in [3.05, 3.63) is 53.6 Å². The van der Waals surface area contributed by atoms with Crippen LogP contribution in [0.4, 0.5) is 0 Å². The molecule has 1 aromatic carbocycles. The Balaban J connectivity index is 1.89. The summed E-state index contributed by atoms with van der Waals surface area (Å²) in [6.45, 7) is 5.26. The van der Waals surface area contributed by atoms with Gasteiger partial charge in [-0.2, -0.15) is 0 Å². The van der Waals surface area contributed by atoms with Gasteiger partial charge in [0.15, 0.2) is 0 Å². The van der Waals surface area contributed by atoms with Crippen molar-refractivity contribution in [3.63, 3.8) is 0 Å². The van der Waals surface area contributed by atoms with Crippen molar-refractivity contribution in [1.29, 1.82) is 0 Å². The van der Waals surface area contributed by atoms with Gasteiger partial charge in [-0.25, -0.2) is 9.59 Å². The summed E-state index contributed by atoms with van der Waals surface area (Å²) < 4.78 is 5.41. The van der Waals surface area contributed by atoms with Gasteiger partial charge >= 0.3 is 11.9 Å². The Bertz CT molecular complexity index is 605. The van der Waals surface area contributed by atoms with E-state index in [2.05, 4.69) is 6.58 Å². The number of aliphatic carboxylic acids is 1. The van der Waals surface area contributed by atoms with E-state index >= 15 is 0 Å². The Labute approximate surface area is 136 Å². The fourth-order valence-corrected chi connectivity index (χ4v) is 2.81. The number of benzene rings is 1. The van der Waals surface area contributed by atoms with Gasteiger partial charge in [-0.3, -0.25) is 0 Å². The lowest BCUT2D eigenvalue weighted by atomic mass is 9.82. The number of esters is 1. The lowest BCUT2D eigenvalue weighted by Crippen LogP contribution is -2.24. The van der Waals surface area contributed by atoms with Gasteiger partial charge in [-0.05, 0) is 55.7 Å². The summed E-state index contributed by atoms with van der Waals surface area (Å²) in [5.41, 5.74) is 2.57. The van der Waals surface area contributed by atoms with Gasteiger partial charge in [0, 0.05) is 11.6 Å². The molecule has 1 fully saturated rings. The molecule has 1 aliphatic carbocycles. The maximum atomic E-state index is 11.5. The van der Waals surface area contributed by atoms with Crippen LogP contribution >= 0.6 is 0 Å². The number of carbonyl (C=O) groups excluding carboxylic acids is 1. The highest BCUT2D eigenvalue weighted by Gasteiger charge is 2.24. The van der Waals surface area contributed by atoms with E-state index < -0.39 is 5.97 Å². The summed E-state index contributed by atoms with van der Waals surface area (Å²) in [5.74, 6) is -0.785. The average molecular weight is 314 g/mol. The molecule has 0 radical (unpaired) electrons. The first kappa shape index (κ1) is 17.0. The van der Waals surface area contributed by atoms with Gasteiger partial charge in [-0.15, -0.1) is 0 Å². The van der Waals surface area contributed by atoms with E-state index in [0.717, 1.165) is 37.3 Å². The molecule has 1 aromatic rings. The molecule has 0 heterocycles. The first-order valence-corrected chi connectivity index (χ1v) is 7.83. The molecule has 0 saturated heterocycles. The van der Waals surface area contributed by atoms with Gasteiger partial charge in [-0.1, -0.05) is 30.8 Å². The number of hydrogen-bond donors (Lipinski definition) is 1. The zero-order valence-electron chi connectivity index (χ0n) is 13.3. The topological polar surface area (TPSA) is 63.6 Å². The molecule has 1 N–H and O–H groups in total. The van der Waals surface area contributed by atoms with Gasteiger partial charge in [0.05, 0.1) is 0 Å². The second-order valence-electron chi connectivity index (χ2n) is 6.00. The monoisotopic (exact) mass is 314 g/mol. The molecular formula is C19H22O4. The van der Waals surface area contributed by atoms with Crippen LogP contribution < -0.4 is 0 Å². The molecule has 122 valence electrons. The maximum absolute atomic E-state index is 11.5. The van der Waals surface area contributed by atoms with E-state index in [1.54, 1.807) is 13.0 Å². The Morgan fingerprint density at radius 1 is 1.17 bits per heavy atom. The molecule has 4 nitrogen and oxygen atoms in total. The first-order valence-electron chi connectivity index (χ1n) is 7.83. The molecule has 1 aliphatic rings. The van der Waals surface area contributed by atoms with Gasteiger partial charge in [0.1, 0.15) is 6.10 Å². The smallest absolute Gasteiger partial charge is 0.333 e. The fraction of sp³-hybridized carbons (Fsp3) is 0.368. The largest absolute Gasteiger partial charge is 0.478 e. The summed E-state index contributed by atoms with van der Waals surface area (Å²) in [5, 5.41) is 8.63. The molecule has 0 aliphatic heterocycles. The van der Waals surface area contributed by atoms with Crippen LogP contribution in [0.15, 0.2) is 42.5 Å². The van der Waals surface area contributed by atoms with Crippen molar-refractivity contribution in [2.24, 2.45) is 0 Å². The highest BCUT2D eigenvalue weighted by atomic mass is 16.5. The Morgan fingerprint density at radius 3 is 2.30 bits per heavy atom. The van der Waals surface area contributed by atoms with Crippen molar-refractivity contribution in [2.45, 2.75) is 44.6 Å². The number of carboxylic acid groups (broad SMARTS) is 1. The van der Waals surface area contributed by atoms with E-state index in [1.807, 2.05) is 24.3 Å². The van der Waals surface area contributed by atoms with Crippen molar-refractivity contribution >= 4 is 18.0 Å². The summed E-state index contributed by atoms with van der Waals surface area (Å²) in [4.78, 5) is 22.0. The predicted octanol–water partition coefficient (Wildman–Crippen LogP) is 3.93. The minimum atomic E-state index is -0.947. The van der Waals surface area contributed by atoms with Crippen LogP contribution in [0.25, 0.3) is 6.08 Å². The molecule has 4 heteroatoms. The summed E-state index contributed by atoms with van der Waals surface area (Å²) in [7, 11) is 0. The summed E-state index contributed by atoms with van der Waals surface area (Å²) in [6.07, 6.45) is 6.41. The Hall–Kier alpha value is -2.36. The van der Waals surface area contributed by atoms with E-state index in [9.17, 15) is 9.59 Å². The lowest BCUT2D eigenvalue weighted by Gasteiger charge is -2.28. The van der Waals surface area contributed by atoms with Crippen LogP contribution in [0.2, 0.25) is 0 Å². The normalized spacial score (nSPS) is 21.1. The number of rotatable bonds is 5. The van der Waals surface area contributed by atoms with Crippen molar-refractivity contribution in [3.8, 4) is 0 Å². The van der Waals surface area contributed by atoms with Crippen LogP contribution in [-0.4, -0.2) is 23.1 Å². The molecule has 23 heavy (non-hydrogen) atoms. The zero-order chi connectivity index (χ0) is 16.8. The summed E-state index contributed by atoms with van der Waals surface area (Å²) >= 11 is 0. The molecular weight excluding hydrogens is 292 g/mol. The number of carboxylic acids is 1. The number of ether oxygens (including phenoxy) is 1. The Morgan fingerprint density at radius 2 is 1.78 bits per heavy atom. The van der Waals surface area contributed by atoms with Crippen LogP contribution in [0.3, 0.4) is 0 Å². The minimum Gasteiger partial charge on any atom is -0.478 e. The second kappa shape index (κ2) is 7.77. The zero-order valence-corrected chi connectivity index (χ0v) is 13.3. The predicted molar refractivity (Wildman–Crippen MR) is 89.0 cm³/mol. The molecule has 0 atom stereocenters. The molecule has 0 bridgehead atoms. The summed E-state index contributed by atoms with van der Waals surface area (Å²) in [6, 6.07) is 7.96. The Kier molecular flexibility index (Phi) is 5.74. The average Bonchev–Trinajstić information content (AvgIpc) is 2.54. The van der Waals surface area contributed by atoms with Crippen LogP contribution in [-0.2, 0) is 14.3 Å². The third-order valence-electron chi connectivity index (χ3n) is 4.12. The highest BCUT2D eigenvalue weighted by molar-refractivity contribution is 5.87. The molecule has 0 unspecified atom stereocenters. The van der Waals surface area contributed by atoms with Crippen molar-refractivity contribution in [2.75, 3.05) is 0 Å². The van der Waals surface area contributed by atoms with Gasteiger partial charge in [0.2, 0.25) is 0 Å². The van der Waals surface area contributed by atoms with Crippen LogP contribution in [0.1, 0.15) is 49.7 Å².